The minimum Gasteiger partial charge on any atom is -0.506 e. The fraction of sp³-hybridized carbons (Fsp3) is 0.429. The number of nitro groups is 1. The number of benzene rings is 2. The quantitative estimate of drug-likeness (QED) is 0.359. The van der Waals surface area contributed by atoms with E-state index in [1.165, 1.54) is 6.07 Å². The molecule has 144 valence electrons. The van der Waals surface area contributed by atoms with Crippen molar-refractivity contribution in [2.24, 2.45) is 15.6 Å². The Hall–Kier alpha value is -2.76. The van der Waals surface area contributed by atoms with Crippen molar-refractivity contribution in [3.8, 4) is 5.75 Å². The third kappa shape index (κ3) is 5.36. The van der Waals surface area contributed by atoms with Crippen molar-refractivity contribution in [2.45, 2.75) is 53.4 Å². The topological polar surface area (TPSA) is 88.1 Å². The lowest BCUT2D eigenvalue weighted by Crippen LogP contribution is -2.24. The van der Waals surface area contributed by atoms with Gasteiger partial charge in [0, 0.05) is 6.07 Å². The van der Waals surface area contributed by atoms with Crippen LogP contribution in [0.5, 0.6) is 5.75 Å². The minimum absolute atomic E-state index is 0.0103. The van der Waals surface area contributed by atoms with E-state index in [2.05, 4.69) is 44.8 Å². The first-order valence-corrected chi connectivity index (χ1v) is 8.89. The molecular formula is C21H27N3O3. The molecule has 0 aromatic heterocycles. The summed E-state index contributed by atoms with van der Waals surface area (Å²) in [7, 11) is 0. The molecule has 27 heavy (non-hydrogen) atoms. The molecule has 2 aromatic carbocycles. The zero-order valence-corrected chi connectivity index (χ0v) is 16.8. The van der Waals surface area contributed by atoms with Gasteiger partial charge in [-0.15, -0.1) is 10.2 Å². The van der Waals surface area contributed by atoms with E-state index in [9.17, 15) is 15.2 Å². The average Bonchev–Trinajstić information content (AvgIpc) is 2.52. The molecule has 6 nitrogen and oxygen atoms in total. The van der Waals surface area contributed by atoms with Gasteiger partial charge in [-0.1, -0.05) is 46.8 Å². The van der Waals surface area contributed by atoms with Gasteiger partial charge in [-0.25, -0.2) is 0 Å². The van der Waals surface area contributed by atoms with Gasteiger partial charge in [0.05, 0.1) is 4.92 Å². The molecule has 0 amide bonds. The van der Waals surface area contributed by atoms with E-state index < -0.39 is 4.92 Å². The number of nitrogens with zero attached hydrogens (tertiary/aromatic N) is 3. The van der Waals surface area contributed by atoms with Crippen LogP contribution in [0.4, 0.5) is 17.1 Å². The van der Waals surface area contributed by atoms with Gasteiger partial charge in [-0.05, 0) is 53.5 Å². The summed E-state index contributed by atoms with van der Waals surface area (Å²) in [5, 5.41) is 29.5. The molecule has 6 heteroatoms. The van der Waals surface area contributed by atoms with Crippen molar-refractivity contribution in [2.75, 3.05) is 0 Å². The molecule has 0 saturated carbocycles. The van der Waals surface area contributed by atoms with Crippen molar-refractivity contribution in [1.29, 1.82) is 0 Å². The summed E-state index contributed by atoms with van der Waals surface area (Å²) < 4.78 is 0. The van der Waals surface area contributed by atoms with Crippen molar-refractivity contribution >= 4 is 17.1 Å². The molecule has 1 N–H and O–H groups in total. The summed E-state index contributed by atoms with van der Waals surface area (Å²) in [5.41, 5.74) is 2.17. The standard InChI is InChI=1S/C21H27N3O3/c1-14-7-9-16(18(11-14)24(26)27)22-23-17-12-15(8-10-19(17)25)21(5,6)13-20(2,3)4/h7-12,25H,13H2,1-6H3. The fourth-order valence-corrected chi connectivity index (χ4v) is 3.42. The Balaban J connectivity index is 2.41. The molecule has 2 aromatic rings. The summed E-state index contributed by atoms with van der Waals surface area (Å²) >= 11 is 0. The van der Waals surface area contributed by atoms with Crippen molar-refractivity contribution in [1.82, 2.24) is 0 Å². The Morgan fingerprint density at radius 3 is 2.22 bits per heavy atom. The Bertz CT molecular complexity index is 881. The van der Waals surface area contributed by atoms with E-state index in [0.29, 0.717) is 5.69 Å². The number of nitro benzene ring substituents is 1. The zero-order valence-electron chi connectivity index (χ0n) is 16.8. The molecule has 2 rings (SSSR count). The van der Waals surface area contributed by atoms with Crippen LogP contribution in [0, 0.1) is 22.5 Å². The van der Waals surface area contributed by atoms with Gasteiger partial charge in [0.2, 0.25) is 0 Å². The number of aryl methyl sites for hydroxylation is 1. The number of hydrogen-bond donors (Lipinski definition) is 1. The normalized spacial score (nSPS) is 12.5. The summed E-state index contributed by atoms with van der Waals surface area (Å²) in [4.78, 5) is 10.7. The minimum atomic E-state index is -0.482. The molecule has 0 spiro atoms. The lowest BCUT2D eigenvalue weighted by atomic mass is 9.72. The first kappa shape index (κ1) is 20.6. The molecule has 0 unspecified atom stereocenters. The maximum Gasteiger partial charge on any atom is 0.296 e. The SMILES string of the molecule is Cc1ccc(N=Nc2cc(C(C)(C)CC(C)(C)C)ccc2O)c([N+](=O)[O-])c1. The highest BCUT2D eigenvalue weighted by atomic mass is 16.6. The van der Waals surface area contributed by atoms with E-state index in [-0.39, 0.29) is 28.0 Å². The van der Waals surface area contributed by atoms with Gasteiger partial charge >= 0.3 is 0 Å². The molecule has 0 fully saturated rings. The van der Waals surface area contributed by atoms with Crippen LogP contribution in [-0.4, -0.2) is 10.0 Å². The lowest BCUT2D eigenvalue weighted by Gasteiger charge is -2.33. The second-order valence-corrected chi connectivity index (χ2v) is 8.77. The maximum absolute atomic E-state index is 11.2. The highest BCUT2D eigenvalue weighted by Crippen LogP contribution is 2.40. The predicted octanol–water partition coefficient (Wildman–Crippen LogP) is 6.74. The summed E-state index contributed by atoms with van der Waals surface area (Å²) in [6.07, 6.45) is 0.949. The van der Waals surface area contributed by atoms with E-state index in [0.717, 1.165) is 17.5 Å². The van der Waals surface area contributed by atoms with Gasteiger partial charge in [0.25, 0.3) is 5.69 Å². The molecular weight excluding hydrogens is 342 g/mol. The summed E-state index contributed by atoms with van der Waals surface area (Å²) in [6, 6.07) is 10.0. The largest absolute Gasteiger partial charge is 0.506 e. The van der Waals surface area contributed by atoms with Gasteiger partial charge in [0.1, 0.15) is 11.4 Å². The number of rotatable bonds is 5. The highest BCUT2D eigenvalue weighted by Gasteiger charge is 2.28. The van der Waals surface area contributed by atoms with E-state index >= 15 is 0 Å². The van der Waals surface area contributed by atoms with Crippen LogP contribution in [0.15, 0.2) is 46.6 Å². The van der Waals surface area contributed by atoms with Gasteiger partial charge < -0.3 is 5.11 Å². The second-order valence-electron chi connectivity index (χ2n) is 8.77. The highest BCUT2D eigenvalue weighted by molar-refractivity contribution is 5.59. The second kappa shape index (κ2) is 7.47. The van der Waals surface area contributed by atoms with Crippen LogP contribution in [0.2, 0.25) is 0 Å². The zero-order chi connectivity index (χ0) is 20.4. The van der Waals surface area contributed by atoms with Crippen LogP contribution < -0.4 is 0 Å². The van der Waals surface area contributed by atoms with Crippen molar-refractivity contribution in [3.63, 3.8) is 0 Å². The summed E-state index contributed by atoms with van der Waals surface area (Å²) in [6.45, 7) is 12.6. The summed E-state index contributed by atoms with van der Waals surface area (Å²) in [5.74, 6) is -0.0103. The molecule has 0 aliphatic rings. The number of phenolic OH excluding ortho intramolecular Hbond substituents is 1. The Morgan fingerprint density at radius 1 is 1.00 bits per heavy atom. The number of aromatic hydroxyl groups is 1. The number of phenols is 1. The van der Waals surface area contributed by atoms with Crippen molar-refractivity contribution < 1.29 is 10.0 Å². The third-order valence-electron chi connectivity index (χ3n) is 4.32. The van der Waals surface area contributed by atoms with E-state index in [4.69, 9.17) is 0 Å². The van der Waals surface area contributed by atoms with E-state index in [1.54, 1.807) is 31.2 Å². The maximum atomic E-state index is 11.2. The third-order valence-corrected chi connectivity index (χ3v) is 4.32. The van der Waals surface area contributed by atoms with Crippen LogP contribution in [-0.2, 0) is 5.41 Å². The number of azo groups is 1. The number of hydrogen-bond acceptors (Lipinski definition) is 5. The first-order valence-electron chi connectivity index (χ1n) is 8.89. The Morgan fingerprint density at radius 2 is 1.63 bits per heavy atom. The average molecular weight is 369 g/mol. The molecule has 0 heterocycles. The van der Waals surface area contributed by atoms with Crippen LogP contribution in [0.1, 0.15) is 52.2 Å². The molecule has 0 aliphatic heterocycles. The molecule has 0 saturated heterocycles. The molecule has 0 bridgehead atoms. The first-order chi connectivity index (χ1) is 12.4. The lowest BCUT2D eigenvalue weighted by molar-refractivity contribution is -0.384. The smallest absolute Gasteiger partial charge is 0.296 e. The fourth-order valence-electron chi connectivity index (χ4n) is 3.42. The molecule has 0 atom stereocenters. The van der Waals surface area contributed by atoms with Gasteiger partial charge in [-0.3, -0.25) is 10.1 Å². The van der Waals surface area contributed by atoms with Crippen LogP contribution >= 0.6 is 0 Å². The Kier molecular flexibility index (Phi) is 5.68. The van der Waals surface area contributed by atoms with Gasteiger partial charge in [0.15, 0.2) is 5.69 Å². The van der Waals surface area contributed by atoms with Crippen LogP contribution in [0.3, 0.4) is 0 Å². The van der Waals surface area contributed by atoms with Crippen LogP contribution in [0.25, 0.3) is 0 Å². The Labute approximate surface area is 160 Å². The molecule has 0 radical (unpaired) electrons. The monoisotopic (exact) mass is 369 g/mol. The van der Waals surface area contributed by atoms with Gasteiger partial charge in [-0.2, -0.15) is 0 Å². The molecule has 0 aliphatic carbocycles. The van der Waals surface area contributed by atoms with Crippen molar-refractivity contribution in [3.05, 3.63) is 57.6 Å². The predicted molar refractivity (Wildman–Crippen MR) is 107 cm³/mol. The van der Waals surface area contributed by atoms with E-state index in [1.807, 2.05) is 6.07 Å².